The molecular formula is C12H13FN2O. The van der Waals surface area contributed by atoms with E-state index in [1.165, 1.54) is 6.07 Å². The molecule has 0 radical (unpaired) electrons. The second-order valence-electron chi connectivity index (χ2n) is 3.44. The Bertz CT molecular complexity index is 417. The van der Waals surface area contributed by atoms with Gasteiger partial charge in [-0.2, -0.15) is 0 Å². The van der Waals surface area contributed by atoms with Crippen LogP contribution in [0.1, 0.15) is 12.0 Å². The van der Waals surface area contributed by atoms with Gasteiger partial charge in [0, 0.05) is 6.42 Å². The Hall–Kier alpha value is -1.86. The van der Waals surface area contributed by atoms with E-state index in [-0.39, 0.29) is 12.1 Å². The standard InChI is InChI=1S/C12H13FN2O/c1-3-5-10(14)12(16)15-11-8(2)6-4-7-9(11)13/h1,4,6-7,10H,5,14H2,2H3,(H,15,16). The van der Waals surface area contributed by atoms with Gasteiger partial charge in [0.15, 0.2) is 0 Å². The first-order valence-electron chi connectivity index (χ1n) is 4.81. The van der Waals surface area contributed by atoms with Crippen LogP contribution in [0.3, 0.4) is 0 Å². The molecule has 0 bridgehead atoms. The summed E-state index contributed by atoms with van der Waals surface area (Å²) in [6.45, 7) is 1.70. The summed E-state index contributed by atoms with van der Waals surface area (Å²) in [5.41, 5.74) is 6.29. The minimum Gasteiger partial charge on any atom is -0.322 e. The van der Waals surface area contributed by atoms with Crippen molar-refractivity contribution in [2.75, 3.05) is 5.32 Å². The highest BCUT2D eigenvalue weighted by Crippen LogP contribution is 2.18. The van der Waals surface area contributed by atoms with Gasteiger partial charge in [0.25, 0.3) is 0 Å². The third kappa shape index (κ3) is 2.81. The number of amides is 1. The number of para-hydroxylation sites is 1. The number of nitrogens with one attached hydrogen (secondary N) is 1. The molecule has 1 aromatic carbocycles. The maximum Gasteiger partial charge on any atom is 0.242 e. The minimum absolute atomic E-state index is 0.124. The first kappa shape index (κ1) is 12.2. The summed E-state index contributed by atoms with van der Waals surface area (Å²) in [5.74, 6) is 1.32. The summed E-state index contributed by atoms with van der Waals surface area (Å²) in [6.07, 6.45) is 5.16. The van der Waals surface area contributed by atoms with E-state index >= 15 is 0 Å². The van der Waals surface area contributed by atoms with Gasteiger partial charge in [-0.25, -0.2) is 4.39 Å². The number of benzene rings is 1. The average molecular weight is 220 g/mol. The van der Waals surface area contributed by atoms with Crippen molar-refractivity contribution in [2.24, 2.45) is 5.73 Å². The Morgan fingerprint density at radius 3 is 2.94 bits per heavy atom. The van der Waals surface area contributed by atoms with Crippen LogP contribution in [0.25, 0.3) is 0 Å². The van der Waals surface area contributed by atoms with Crippen molar-refractivity contribution >= 4 is 11.6 Å². The van der Waals surface area contributed by atoms with Crippen LogP contribution in [0.5, 0.6) is 0 Å². The summed E-state index contributed by atoms with van der Waals surface area (Å²) in [6, 6.07) is 3.73. The zero-order valence-electron chi connectivity index (χ0n) is 8.96. The summed E-state index contributed by atoms with van der Waals surface area (Å²) < 4.78 is 13.4. The third-order valence-electron chi connectivity index (χ3n) is 2.14. The molecule has 1 atom stereocenters. The third-order valence-corrected chi connectivity index (χ3v) is 2.14. The highest BCUT2D eigenvalue weighted by Gasteiger charge is 2.15. The summed E-state index contributed by atoms with van der Waals surface area (Å²) in [5, 5.41) is 2.43. The minimum atomic E-state index is -0.816. The highest BCUT2D eigenvalue weighted by molar-refractivity contribution is 5.95. The molecule has 1 rings (SSSR count). The Kier molecular flexibility index (Phi) is 4.03. The van der Waals surface area contributed by atoms with Crippen LogP contribution in [0.4, 0.5) is 10.1 Å². The van der Waals surface area contributed by atoms with E-state index in [9.17, 15) is 9.18 Å². The number of halogens is 1. The zero-order chi connectivity index (χ0) is 12.1. The van der Waals surface area contributed by atoms with E-state index < -0.39 is 17.8 Å². The molecule has 0 fully saturated rings. The topological polar surface area (TPSA) is 55.1 Å². The van der Waals surface area contributed by atoms with Crippen LogP contribution in [-0.2, 0) is 4.79 Å². The molecule has 0 heterocycles. The molecule has 0 aliphatic rings. The summed E-state index contributed by atoms with van der Waals surface area (Å²) in [7, 11) is 0. The number of carbonyl (C=O) groups is 1. The maximum atomic E-state index is 13.4. The number of aryl methyl sites for hydroxylation is 1. The zero-order valence-corrected chi connectivity index (χ0v) is 8.96. The van der Waals surface area contributed by atoms with Crippen LogP contribution in [0, 0.1) is 25.1 Å². The SMILES string of the molecule is C#CCC(N)C(=O)Nc1c(C)cccc1F. The Balaban J connectivity index is 2.82. The molecular weight excluding hydrogens is 207 g/mol. The van der Waals surface area contributed by atoms with E-state index in [0.29, 0.717) is 5.56 Å². The van der Waals surface area contributed by atoms with E-state index in [1.54, 1.807) is 19.1 Å². The van der Waals surface area contributed by atoms with Crippen molar-refractivity contribution < 1.29 is 9.18 Å². The van der Waals surface area contributed by atoms with Crippen LogP contribution >= 0.6 is 0 Å². The van der Waals surface area contributed by atoms with Gasteiger partial charge < -0.3 is 11.1 Å². The Morgan fingerprint density at radius 2 is 2.38 bits per heavy atom. The normalized spacial score (nSPS) is 11.6. The number of anilines is 1. The number of carbonyl (C=O) groups excluding carboxylic acids is 1. The van der Waals surface area contributed by atoms with Crippen LogP contribution in [0.15, 0.2) is 18.2 Å². The Labute approximate surface area is 93.8 Å². The van der Waals surface area contributed by atoms with Gasteiger partial charge in [0.05, 0.1) is 11.7 Å². The van der Waals surface area contributed by atoms with Crippen molar-refractivity contribution in [2.45, 2.75) is 19.4 Å². The molecule has 1 amide bonds. The van der Waals surface area contributed by atoms with Gasteiger partial charge in [-0.1, -0.05) is 12.1 Å². The molecule has 0 aliphatic carbocycles. The smallest absolute Gasteiger partial charge is 0.242 e. The average Bonchev–Trinajstić information content (AvgIpc) is 2.23. The first-order chi connectivity index (χ1) is 7.56. The molecule has 84 valence electrons. The van der Waals surface area contributed by atoms with Gasteiger partial charge in [-0.05, 0) is 18.6 Å². The van der Waals surface area contributed by atoms with Crippen LogP contribution in [-0.4, -0.2) is 11.9 Å². The van der Waals surface area contributed by atoms with Gasteiger partial charge in [-0.3, -0.25) is 4.79 Å². The molecule has 0 aliphatic heterocycles. The molecule has 0 saturated heterocycles. The van der Waals surface area contributed by atoms with Gasteiger partial charge in [0.1, 0.15) is 5.82 Å². The van der Waals surface area contributed by atoms with Crippen molar-refractivity contribution in [3.63, 3.8) is 0 Å². The Morgan fingerprint density at radius 1 is 1.69 bits per heavy atom. The number of nitrogens with two attached hydrogens (primary N) is 1. The lowest BCUT2D eigenvalue weighted by Crippen LogP contribution is -2.35. The molecule has 16 heavy (non-hydrogen) atoms. The monoisotopic (exact) mass is 220 g/mol. The highest BCUT2D eigenvalue weighted by atomic mass is 19.1. The lowest BCUT2D eigenvalue weighted by molar-refractivity contribution is -0.117. The van der Waals surface area contributed by atoms with Crippen molar-refractivity contribution in [3.05, 3.63) is 29.6 Å². The van der Waals surface area contributed by atoms with E-state index in [2.05, 4.69) is 11.2 Å². The molecule has 0 aromatic heterocycles. The lowest BCUT2D eigenvalue weighted by Gasteiger charge is -2.12. The molecule has 3 nitrogen and oxygen atoms in total. The second kappa shape index (κ2) is 5.29. The fourth-order valence-electron chi connectivity index (χ4n) is 1.23. The van der Waals surface area contributed by atoms with Gasteiger partial charge >= 0.3 is 0 Å². The summed E-state index contributed by atoms with van der Waals surface area (Å²) >= 11 is 0. The molecule has 1 unspecified atom stereocenters. The van der Waals surface area contributed by atoms with E-state index in [0.717, 1.165) is 0 Å². The van der Waals surface area contributed by atoms with E-state index in [1.807, 2.05) is 0 Å². The van der Waals surface area contributed by atoms with Gasteiger partial charge in [-0.15, -0.1) is 12.3 Å². The number of rotatable bonds is 3. The molecule has 0 spiro atoms. The molecule has 4 heteroatoms. The molecule has 0 saturated carbocycles. The number of hydrogen-bond donors (Lipinski definition) is 2. The van der Waals surface area contributed by atoms with E-state index in [4.69, 9.17) is 12.2 Å². The fraction of sp³-hybridized carbons (Fsp3) is 0.250. The molecule has 3 N–H and O–H groups in total. The lowest BCUT2D eigenvalue weighted by atomic mass is 10.1. The number of terminal acetylenes is 1. The predicted octanol–water partition coefficient (Wildman–Crippen LogP) is 1.42. The summed E-state index contributed by atoms with van der Waals surface area (Å²) in [4.78, 5) is 11.5. The van der Waals surface area contributed by atoms with Gasteiger partial charge in [0.2, 0.25) is 5.91 Å². The largest absolute Gasteiger partial charge is 0.322 e. The van der Waals surface area contributed by atoms with Crippen LogP contribution in [0.2, 0.25) is 0 Å². The quantitative estimate of drug-likeness (QED) is 0.757. The predicted molar refractivity (Wildman–Crippen MR) is 61.2 cm³/mol. The first-order valence-corrected chi connectivity index (χ1v) is 4.81. The van der Waals surface area contributed by atoms with Crippen LogP contribution < -0.4 is 11.1 Å². The number of hydrogen-bond acceptors (Lipinski definition) is 2. The molecule has 1 aromatic rings. The second-order valence-corrected chi connectivity index (χ2v) is 3.44. The van der Waals surface area contributed by atoms with Crippen molar-refractivity contribution in [1.82, 2.24) is 0 Å². The van der Waals surface area contributed by atoms with Crippen molar-refractivity contribution in [3.8, 4) is 12.3 Å². The van der Waals surface area contributed by atoms with Crippen molar-refractivity contribution in [1.29, 1.82) is 0 Å². The maximum absolute atomic E-state index is 13.4. The fourth-order valence-corrected chi connectivity index (χ4v) is 1.23.